The summed E-state index contributed by atoms with van der Waals surface area (Å²) in [5.74, 6) is -0.0717. The maximum absolute atomic E-state index is 12.2. The van der Waals surface area contributed by atoms with Gasteiger partial charge in [0.15, 0.2) is 0 Å². The third-order valence-corrected chi connectivity index (χ3v) is 4.79. The molecule has 0 unspecified atom stereocenters. The molecular formula is C20H18O6. The Bertz CT molecular complexity index is 1090. The first kappa shape index (κ1) is 16.4. The molecule has 6 heteroatoms. The molecule has 6 nitrogen and oxygen atoms in total. The number of aromatic carboxylic acids is 1. The highest BCUT2D eigenvalue weighted by Gasteiger charge is 2.23. The van der Waals surface area contributed by atoms with Crippen LogP contribution >= 0.6 is 0 Å². The SMILES string of the molecule is Cc1cc(OCc2cc(C(=O)O)oc2C)c2c3c(c(=O)oc2c1)CCC3. The number of furan rings is 1. The molecule has 26 heavy (non-hydrogen) atoms. The van der Waals surface area contributed by atoms with Gasteiger partial charge in [-0.25, -0.2) is 9.59 Å². The van der Waals surface area contributed by atoms with E-state index >= 15 is 0 Å². The third kappa shape index (κ3) is 2.67. The molecule has 134 valence electrons. The summed E-state index contributed by atoms with van der Waals surface area (Å²) in [5, 5.41) is 9.88. The lowest BCUT2D eigenvalue weighted by atomic mass is 10.0. The number of carboxylic acids is 1. The molecule has 0 atom stereocenters. The van der Waals surface area contributed by atoms with Gasteiger partial charge in [0.25, 0.3) is 0 Å². The molecule has 3 aromatic rings. The van der Waals surface area contributed by atoms with Crippen molar-refractivity contribution >= 4 is 16.9 Å². The van der Waals surface area contributed by atoms with E-state index < -0.39 is 5.97 Å². The molecule has 0 radical (unpaired) electrons. The van der Waals surface area contributed by atoms with E-state index in [2.05, 4.69) is 0 Å². The molecule has 1 aliphatic carbocycles. The van der Waals surface area contributed by atoms with Crippen molar-refractivity contribution < 1.29 is 23.5 Å². The van der Waals surface area contributed by atoms with Crippen LogP contribution in [0.3, 0.4) is 0 Å². The molecule has 0 aliphatic heterocycles. The van der Waals surface area contributed by atoms with E-state index in [0.29, 0.717) is 22.7 Å². The van der Waals surface area contributed by atoms with Crippen molar-refractivity contribution in [2.45, 2.75) is 39.7 Å². The van der Waals surface area contributed by atoms with Crippen molar-refractivity contribution in [2.75, 3.05) is 0 Å². The molecule has 1 aromatic carbocycles. The highest BCUT2D eigenvalue weighted by atomic mass is 16.5. The second-order valence-electron chi connectivity index (χ2n) is 6.62. The minimum atomic E-state index is -1.11. The van der Waals surface area contributed by atoms with Gasteiger partial charge in [-0.05, 0) is 62.4 Å². The lowest BCUT2D eigenvalue weighted by Crippen LogP contribution is -2.08. The molecule has 0 spiro atoms. The Morgan fingerprint density at radius 2 is 1.92 bits per heavy atom. The fraction of sp³-hybridized carbons (Fsp3) is 0.300. The van der Waals surface area contributed by atoms with E-state index in [-0.39, 0.29) is 18.0 Å². The Labute approximate surface area is 149 Å². The maximum Gasteiger partial charge on any atom is 0.371 e. The number of carboxylic acid groups (broad SMARTS) is 1. The zero-order valence-electron chi connectivity index (χ0n) is 14.5. The lowest BCUT2D eigenvalue weighted by molar-refractivity contribution is 0.0661. The van der Waals surface area contributed by atoms with Gasteiger partial charge in [-0.3, -0.25) is 0 Å². The van der Waals surface area contributed by atoms with Gasteiger partial charge in [-0.2, -0.15) is 0 Å². The van der Waals surface area contributed by atoms with Crippen LogP contribution in [0.4, 0.5) is 0 Å². The first-order valence-corrected chi connectivity index (χ1v) is 8.48. The minimum Gasteiger partial charge on any atom is -0.488 e. The predicted molar refractivity (Wildman–Crippen MR) is 94.0 cm³/mol. The summed E-state index contributed by atoms with van der Waals surface area (Å²) in [4.78, 5) is 23.2. The molecule has 0 saturated heterocycles. The molecule has 2 heterocycles. The Kier molecular flexibility index (Phi) is 3.83. The zero-order chi connectivity index (χ0) is 18.4. The second-order valence-corrected chi connectivity index (χ2v) is 6.62. The summed E-state index contributed by atoms with van der Waals surface area (Å²) in [5.41, 5.74) is 3.59. The molecular weight excluding hydrogens is 336 g/mol. The van der Waals surface area contributed by atoms with Gasteiger partial charge in [0.1, 0.15) is 23.7 Å². The van der Waals surface area contributed by atoms with Gasteiger partial charge in [0.2, 0.25) is 5.76 Å². The van der Waals surface area contributed by atoms with Crippen LogP contribution in [0.1, 0.15) is 45.0 Å². The average molecular weight is 354 g/mol. The smallest absolute Gasteiger partial charge is 0.371 e. The van der Waals surface area contributed by atoms with Crippen molar-refractivity contribution in [3.05, 3.63) is 62.4 Å². The van der Waals surface area contributed by atoms with E-state index in [1.165, 1.54) is 6.07 Å². The van der Waals surface area contributed by atoms with Crippen LogP contribution in [0, 0.1) is 13.8 Å². The Morgan fingerprint density at radius 3 is 2.65 bits per heavy atom. The van der Waals surface area contributed by atoms with Crippen molar-refractivity contribution in [1.29, 1.82) is 0 Å². The standard InChI is InChI=1S/C20H18O6/c1-10-6-15(24-9-12-8-17(19(21)22)25-11(12)2)18-13-4-3-5-14(13)20(23)26-16(18)7-10/h6-8H,3-5,9H2,1-2H3,(H,21,22). The number of rotatable bonds is 4. The minimum absolute atomic E-state index is 0.109. The number of fused-ring (bicyclic) bond motifs is 3. The van der Waals surface area contributed by atoms with Gasteiger partial charge >= 0.3 is 11.6 Å². The molecule has 4 rings (SSSR count). The van der Waals surface area contributed by atoms with Crippen molar-refractivity contribution in [3.63, 3.8) is 0 Å². The highest BCUT2D eigenvalue weighted by Crippen LogP contribution is 2.35. The van der Waals surface area contributed by atoms with Gasteiger partial charge in [-0.1, -0.05) is 0 Å². The molecule has 2 aromatic heterocycles. The molecule has 1 aliphatic rings. The molecule has 0 saturated carbocycles. The number of hydrogen-bond donors (Lipinski definition) is 1. The first-order valence-electron chi connectivity index (χ1n) is 8.48. The number of aryl methyl sites for hydroxylation is 3. The van der Waals surface area contributed by atoms with E-state index in [1.807, 2.05) is 19.1 Å². The third-order valence-electron chi connectivity index (χ3n) is 4.79. The fourth-order valence-electron chi connectivity index (χ4n) is 3.54. The summed E-state index contributed by atoms with van der Waals surface area (Å²) in [6.45, 7) is 3.79. The van der Waals surface area contributed by atoms with E-state index in [0.717, 1.165) is 41.3 Å². The van der Waals surface area contributed by atoms with Crippen molar-refractivity contribution in [3.8, 4) is 5.75 Å². The summed E-state index contributed by atoms with van der Waals surface area (Å²) in [6.07, 6.45) is 2.48. The van der Waals surface area contributed by atoms with Gasteiger partial charge in [0, 0.05) is 11.1 Å². The summed E-state index contributed by atoms with van der Waals surface area (Å²) < 4.78 is 16.7. The van der Waals surface area contributed by atoms with Crippen LogP contribution in [0.25, 0.3) is 11.0 Å². The topological polar surface area (TPSA) is 89.9 Å². The largest absolute Gasteiger partial charge is 0.488 e. The molecule has 0 bridgehead atoms. The normalized spacial score (nSPS) is 13.2. The van der Waals surface area contributed by atoms with Crippen LogP contribution in [-0.4, -0.2) is 11.1 Å². The van der Waals surface area contributed by atoms with E-state index in [4.69, 9.17) is 18.7 Å². The van der Waals surface area contributed by atoms with Crippen LogP contribution < -0.4 is 10.4 Å². The van der Waals surface area contributed by atoms with Crippen LogP contribution in [0.15, 0.2) is 31.8 Å². The van der Waals surface area contributed by atoms with Crippen LogP contribution in [0.2, 0.25) is 0 Å². The molecule has 1 N–H and O–H groups in total. The van der Waals surface area contributed by atoms with Gasteiger partial charge in [-0.15, -0.1) is 0 Å². The molecule has 0 amide bonds. The highest BCUT2D eigenvalue weighted by molar-refractivity contribution is 5.89. The van der Waals surface area contributed by atoms with E-state index in [9.17, 15) is 9.59 Å². The Morgan fingerprint density at radius 1 is 1.15 bits per heavy atom. The maximum atomic E-state index is 12.2. The number of benzene rings is 1. The Hall–Kier alpha value is -3.02. The quantitative estimate of drug-likeness (QED) is 0.717. The first-order chi connectivity index (χ1) is 12.4. The predicted octanol–water partition coefficient (Wildman–Crippen LogP) is 3.77. The van der Waals surface area contributed by atoms with Gasteiger partial charge in [0.05, 0.1) is 5.39 Å². The number of ether oxygens (including phenoxy) is 1. The van der Waals surface area contributed by atoms with Crippen molar-refractivity contribution in [2.24, 2.45) is 0 Å². The number of carbonyl (C=O) groups is 1. The van der Waals surface area contributed by atoms with Crippen molar-refractivity contribution in [1.82, 2.24) is 0 Å². The monoisotopic (exact) mass is 354 g/mol. The Balaban J connectivity index is 1.76. The fourth-order valence-corrected chi connectivity index (χ4v) is 3.54. The second kappa shape index (κ2) is 6.05. The van der Waals surface area contributed by atoms with Crippen LogP contribution in [0.5, 0.6) is 5.75 Å². The summed E-state index contributed by atoms with van der Waals surface area (Å²) in [6, 6.07) is 5.22. The average Bonchev–Trinajstić information content (AvgIpc) is 3.19. The lowest BCUT2D eigenvalue weighted by Gasteiger charge is -2.12. The summed E-state index contributed by atoms with van der Waals surface area (Å²) in [7, 11) is 0. The van der Waals surface area contributed by atoms with Crippen LogP contribution in [-0.2, 0) is 19.4 Å². The van der Waals surface area contributed by atoms with Gasteiger partial charge < -0.3 is 18.7 Å². The van der Waals surface area contributed by atoms with E-state index in [1.54, 1.807) is 6.92 Å². The number of hydrogen-bond acceptors (Lipinski definition) is 5. The zero-order valence-corrected chi connectivity index (χ0v) is 14.5. The molecule has 0 fully saturated rings. The summed E-state index contributed by atoms with van der Waals surface area (Å²) >= 11 is 0.